The van der Waals surface area contributed by atoms with Gasteiger partial charge in [0.15, 0.2) is 0 Å². The van der Waals surface area contributed by atoms with E-state index in [1.807, 2.05) is 27.7 Å². The highest BCUT2D eigenvalue weighted by molar-refractivity contribution is 7.79. The molecule has 2 atom stereocenters. The molecule has 0 radical (unpaired) electrons. The van der Waals surface area contributed by atoms with Gasteiger partial charge >= 0.3 is 10.4 Å². The first kappa shape index (κ1) is 22.6. The fourth-order valence-electron chi connectivity index (χ4n) is 1.96. The lowest BCUT2D eigenvalue weighted by Crippen LogP contribution is -2.28. The van der Waals surface area contributed by atoms with E-state index in [4.69, 9.17) is 17.5 Å². The zero-order valence-corrected chi connectivity index (χ0v) is 14.4. The molecule has 4 N–H and O–H groups in total. The number of aliphatic hydroxyl groups is 2. The molecule has 21 heavy (non-hydrogen) atoms. The Morgan fingerprint density at radius 3 is 1.19 bits per heavy atom. The monoisotopic (exact) mass is 324 g/mol. The van der Waals surface area contributed by atoms with E-state index in [-0.39, 0.29) is 0 Å². The lowest BCUT2D eigenvalue weighted by atomic mass is 9.91. The van der Waals surface area contributed by atoms with Crippen LogP contribution in [-0.4, -0.2) is 38.9 Å². The molecular formula is C14H28O6S. The molecule has 0 aromatic heterocycles. The van der Waals surface area contributed by atoms with Crippen molar-refractivity contribution in [3.8, 4) is 11.8 Å². The Labute approximate surface area is 128 Å². The molecule has 0 amide bonds. The van der Waals surface area contributed by atoms with Crippen LogP contribution in [0.25, 0.3) is 0 Å². The third-order valence-corrected chi connectivity index (χ3v) is 2.21. The van der Waals surface area contributed by atoms with Gasteiger partial charge in [0.1, 0.15) is 11.2 Å². The van der Waals surface area contributed by atoms with Crippen LogP contribution in [0.2, 0.25) is 0 Å². The number of hydrogen-bond donors (Lipinski definition) is 4. The summed E-state index contributed by atoms with van der Waals surface area (Å²) in [6.07, 6.45) is 1.25. The molecule has 6 nitrogen and oxygen atoms in total. The molecule has 7 heteroatoms. The smallest absolute Gasteiger partial charge is 0.378 e. The van der Waals surface area contributed by atoms with E-state index in [1.54, 1.807) is 13.8 Å². The Morgan fingerprint density at radius 2 is 1.05 bits per heavy atom. The first-order valence-corrected chi connectivity index (χ1v) is 8.13. The molecule has 0 rings (SSSR count). The van der Waals surface area contributed by atoms with E-state index in [9.17, 15) is 10.2 Å². The van der Waals surface area contributed by atoms with Crippen molar-refractivity contribution in [2.24, 2.45) is 11.8 Å². The first-order valence-electron chi connectivity index (χ1n) is 6.73. The summed E-state index contributed by atoms with van der Waals surface area (Å²) in [6.45, 7) is 11.6. The second-order valence-corrected chi connectivity index (χ2v) is 7.34. The van der Waals surface area contributed by atoms with Crippen LogP contribution in [0.5, 0.6) is 0 Å². The third-order valence-electron chi connectivity index (χ3n) is 2.21. The van der Waals surface area contributed by atoms with E-state index < -0.39 is 21.6 Å². The molecule has 0 aliphatic rings. The van der Waals surface area contributed by atoms with Crippen molar-refractivity contribution in [1.29, 1.82) is 0 Å². The Bertz CT molecular complexity index is 418. The zero-order chi connectivity index (χ0) is 17.5. The minimum Gasteiger partial charge on any atom is -0.378 e. The second kappa shape index (κ2) is 8.71. The summed E-state index contributed by atoms with van der Waals surface area (Å²) >= 11 is 0. The van der Waals surface area contributed by atoms with Gasteiger partial charge in [-0.3, -0.25) is 9.11 Å². The number of hydrogen-bond acceptors (Lipinski definition) is 4. The molecule has 0 aliphatic heterocycles. The molecule has 2 unspecified atom stereocenters. The van der Waals surface area contributed by atoms with E-state index in [0.29, 0.717) is 24.7 Å². The van der Waals surface area contributed by atoms with E-state index in [1.165, 1.54) is 0 Å². The Hall–Kier alpha value is -0.650. The zero-order valence-electron chi connectivity index (χ0n) is 13.6. The average molecular weight is 324 g/mol. The molecule has 0 spiro atoms. The Balaban J connectivity index is 0. The summed E-state index contributed by atoms with van der Waals surface area (Å²) in [5, 5.41) is 20.0. The van der Waals surface area contributed by atoms with Crippen LogP contribution in [0.1, 0.15) is 54.4 Å². The predicted octanol–water partition coefficient (Wildman–Crippen LogP) is 1.93. The van der Waals surface area contributed by atoms with Gasteiger partial charge in [-0.05, 0) is 38.5 Å². The SMILES string of the molecule is CC(C)CC(C)(O)C#CC(C)(O)CC(C)C.O=S(=O)(O)O. The molecule has 0 fully saturated rings. The van der Waals surface area contributed by atoms with E-state index in [0.717, 1.165) is 0 Å². The molecule has 0 bridgehead atoms. The van der Waals surface area contributed by atoms with Gasteiger partial charge < -0.3 is 10.2 Å². The Kier molecular flexibility index (Phi) is 9.39. The van der Waals surface area contributed by atoms with E-state index >= 15 is 0 Å². The maximum atomic E-state index is 10.00. The molecule has 126 valence electrons. The molecule has 0 aliphatic carbocycles. The Morgan fingerprint density at radius 1 is 0.857 bits per heavy atom. The quantitative estimate of drug-likeness (QED) is 0.464. The summed E-state index contributed by atoms with van der Waals surface area (Å²) in [6, 6.07) is 0. The van der Waals surface area contributed by atoms with Gasteiger partial charge in [0.05, 0.1) is 0 Å². The predicted molar refractivity (Wildman–Crippen MR) is 82.1 cm³/mol. The van der Waals surface area contributed by atoms with Crippen molar-refractivity contribution < 1.29 is 27.7 Å². The third kappa shape index (κ3) is 21.8. The van der Waals surface area contributed by atoms with Gasteiger partial charge in [-0.2, -0.15) is 8.42 Å². The maximum absolute atomic E-state index is 10.00. The molecule has 0 aromatic rings. The maximum Gasteiger partial charge on any atom is 0.394 e. The average Bonchev–Trinajstić information content (AvgIpc) is 2.08. The fraction of sp³-hybridized carbons (Fsp3) is 0.857. The van der Waals surface area contributed by atoms with Gasteiger partial charge in [0.25, 0.3) is 0 Å². The molecule has 0 heterocycles. The topological polar surface area (TPSA) is 115 Å². The minimum atomic E-state index is -4.67. The highest BCUT2D eigenvalue weighted by atomic mass is 32.3. The van der Waals surface area contributed by atoms with Gasteiger partial charge in [-0.15, -0.1) is 0 Å². The summed E-state index contributed by atoms with van der Waals surface area (Å²) in [5.74, 6) is 6.36. The van der Waals surface area contributed by atoms with Crippen LogP contribution in [0.4, 0.5) is 0 Å². The number of rotatable bonds is 4. The second-order valence-electron chi connectivity index (χ2n) is 6.44. The fourth-order valence-corrected chi connectivity index (χ4v) is 1.96. The summed E-state index contributed by atoms with van der Waals surface area (Å²) < 4.78 is 31.6. The first-order chi connectivity index (χ1) is 9.04. The molecule has 0 saturated heterocycles. The molecule has 0 saturated carbocycles. The van der Waals surface area contributed by atoms with Gasteiger partial charge in [-0.1, -0.05) is 39.5 Å². The van der Waals surface area contributed by atoms with Crippen molar-refractivity contribution >= 4 is 10.4 Å². The summed E-state index contributed by atoms with van der Waals surface area (Å²) in [7, 11) is -4.67. The standard InChI is InChI=1S/C14H26O2.H2O4S/c1-11(2)9-13(5,15)7-8-14(6,16)10-12(3)4;1-5(2,3)4/h11-12,15-16H,9-10H2,1-6H3;(H2,1,2,3,4). The van der Waals surface area contributed by atoms with Crippen molar-refractivity contribution in [1.82, 2.24) is 0 Å². The largest absolute Gasteiger partial charge is 0.394 e. The normalized spacial score (nSPS) is 17.1. The van der Waals surface area contributed by atoms with Crippen molar-refractivity contribution in [3.05, 3.63) is 0 Å². The van der Waals surface area contributed by atoms with Gasteiger partial charge in [0, 0.05) is 0 Å². The highest BCUT2D eigenvalue weighted by Gasteiger charge is 2.22. The molecular weight excluding hydrogens is 296 g/mol. The van der Waals surface area contributed by atoms with E-state index in [2.05, 4.69) is 11.8 Å². The highest BCUT2D eigenvalue weighted by Crippen LogP contribution is 2.18. The van der Waals surface area contributed by atoms with Crippen LogP contribution in [0.3, 0.4) is 0 Å². The summed E-state index contributed by atoms with van der Waals surface area (Å²) in [5.41, 5.74) is -2.01. The van der Waals surface area contributed by atoms with Crippen molar-refractivity contribution in [2.75, 3.05) is 0 Å². The van der Waals surface area contributed by atoms with Gasteiger partial charge in [0.2, 0.25) is 0 Å². The summed E-state index contributed by atoms with van der Waals surface area (Å²) in [4.78, 5) is 0. The van der Waals surface area contributed by atoms with Crippen LogP contribution in [0, 0.1) is 23.7 Å². The minimum absolute atomic E-state index is 0.388. The van der Waals surface area contributed by atoms with Crippen LogP contribution in [-0.2, 0) is 10.4 Å². The van der Waals surface area contributed by atoms with Crippen LogP contribution < -0.4 is 0 Å². The van der Waals surface area contributed by atoms with Crippen molar-refractivity contribution in [3.63, 3.8) is 0 Å². The lowest BCUT2D eigenvalue weighted by Gasteiger charge is -2.22. The molecule has 0 aromatic carbocycles. The van der Waals surface area contributed by atoms with Crippen molar-refractivity contribution in [2.45, 2.75) is 65.6 Å². The van der Waals surface area contributed by atoms with Gasteiger partial charge in [-0.25, -0.2) is 0 Å². The van der Waals surface area contributed by atoms with Crippen LogP contribution >= 0.6 is 0 Å². The van der Waals surface area contributed by atoms with Crippen LogP contribution in [0.15, 0.2) is 0 Å². The lowest BCUT2D eigenvalue weighted by molar-refractivity contribution is 0.0859.